The fourth-order valence-corrected chi connectivity index (χ4v) is 10.4. The number of hydrogen-bond acceptors (Lipinski definition) is 15. The Balaban J connectivity index is 1.34. The lowest BCUT2D eigenvalue weighted by Crippen LogP contribution is -2.69. The van der Waals surface area contributed by atoms with Crippen LogP contribution in [0.15, 0.2) is 6.07 Å². The molecular weight excluding hydrogens is 763 g/mol. The first-order valence-electron chi connectivity index (χ1n) is 18.9. The molecule has 0 saturated carbocycles. The fraction of sp³-hybridized carbons (Fsp3) is 0.564. The Labute approximate surface area is 333 Å². The van der Waals surface area contributed by atoms with E-state index >= 15 is 0 Å². The molecule has 3 unspecified atom stereocenters. The van der Waals surface area contributed by atoms with Gasteiger partial charge in [-0.25, -0.2) is 4.79 Å². The predicted molar refractivity (Wildman–Crippen MR) is 204 cm³/mol. The van der Waals surface area contributed by atoms with E-state index in [0.29, 0.717) is 45.9 Å². The lowest BCUT2D eigenvalue weighted by Gasteiger charge is -2.59. The summed E-state index contributed by atoms with van der Waals surface area (Å²) < 4.78 is 29.7. The van der Waals surface area contributed by atoms with Gasteiger partial charge in [0.2, 0.25) is 24.5 Å². The summed E-state index contributed by atoms with van der Waals surface area (Å²) in [7, 11) is 1.49. The Morgan fingerprint density at radius 2 is 1.72 bits per heavy atom. The number of aliphatic hydroxyl groups excluding tert-OH is 1. The number of thioether (sulfide) groups is 1. The van der Waals surface area contributed by atoms with Gasteiger partial charge in [0, 0.05) is 47.9 Å². The SMILES string of the molecule is COc1c(C)cc2c(c1O)[C@@H]1N[C@@H](C2)[C@H](O)N2C1[C@@H]1SC[C@H](NC(=O)C(NC(=O)C(C)NC(C)=O)C(C)C)C(=O)OC[C@H]2c2c3c(c(C)c(OC(C)=O)c21)OCO3. The van der Waals surface area contributed by atoms with Gasteiger partial charge in [0.05, 0.1) is 30.5 Å². The van der Waals surface area contributed by atoms with Crippen molar-refractivity contribution in [2.75, 3.05) is 26.3 Å². The molecular formula is C39H49N5O12S. The van der Waals surface area contributed by atoms with Gasteiger partial charge in [-0.3, -0.25) is 24.1 Å². The molecule has 0 spiro atoms. The highest BCUT2D eigenvalue weighted by molar-refractivity contribution is 7.99. The lowest BCUT2D eigenvalue weighted by molar-refractivity contribution is -0.160. The fourth-order valence-electron chi connectivity index (χ4n) is 8.93. The van der Waals surface area contributed by atoms with Gasteiger partial charge >= 0.3 is 11.9 Å². The van der Waals surface area contributed by atoms with Crippen molar-refractivity contribution in [1.29, 1.82) is 0 Å². The molecule has 6 N–H and O–H groups in total. The molecule has 17 nitrogen and oxygen atoms in total. The maximum Gasteiger partial charge on any atom is 0.329 e. The first-order valence-corrected chi connectivity index (χ1v) is 20.0. The Morgan fingerprint density at radius 3 is 2.39 bits per heavy atom. The van der Waals surface area contributed by atoms with E-state index in [1.807, 2.05) is 17.9 Å². The number of phenols is 1. The van der Waals surface area contributed by atoms with E-state index in [0.717, 1.165) is 11.1 Å². The average Bonchev–Trinajstić information content (AvgIpc) is 3.64. The smallest absolute Gasteiger partial charge is 0.329 e. The number of amides is 3. The number of benzene rings is 2. The number of carbonyl (C=O) groups is 5. The Morgan fingerprint density at radius 1 is 1.00 bits per heavy atom. The highest BCUT2D eigenvalue weighted by atomic mass is 32.2. The van der Waals surface area contributed by atoms with Crippen molar-refractivity contribution < 1.29 is 57.9 Å². The van der Waals surface area contributed by atoms with Crippen molar-refractivity contribution in [1.82, 2.24) is 26.2 Å². The van der Waals surface area contributed by atoms with E-state index < -0.39 is 89.3 Å². The quantitative estimate of drug-likeness (QED) is 0.164. The zero-order valence-electron chi connectivity index (χ0n) is 33.0. The van der Waals surface area contributed by atoms with Gasteiger partial charge in [0.1, 0.15) is 36.7 Å². The van der Waals surface area contributed by atoms with Crippen LogP contribution in [0.4, 0.5) is 0 Å². The molecule has 2 aromatic carbocycles. The van der Waals surface area contributed by atoms with Gasteiger partial charge in [-0.1, -0.05) is 19.9 Å². The number of rotatable bonds is 8. The summed E-state index contributed by atoms with van der Waals surface area (Å²) in [5.74, 6) is -2.12. The van der Waals surface area contributed by atoms with Crippen molar-refractivity contribution in [3.63, 3.8) is 0 Å². The van der Waals surface area contributed by atoms with Crippen LogP contribution in [0.3, 0.4) is 0 Å². The molecule has 2 fully saturated rings. The van der Waals surface area contributed by atoms with Gasteiger partial charge in [-0.15, -0.1) is 11.8 Å². The number of phenolic OH excluding ortho intramolecular Hbond substituents is 1. The van der Waals surface area contributed by atoms with E-state index in [9.17, 15) is 34.2 Å². The third-order valence-electron chi connectivity index (χ3n) is 11.4. The number of aryl methyl sites for hydroxylation is 1. The summed E-state index contributed by atoms with van der Waals surface area (Å²) in [5, 5.41) is 35.0. The number of piperazine rings is 1. The number of fused-ring (bicyclic) bond motifs is 9. The van der Waals surface area contributed by atoms with Crippen molar-refractivity contribution in [3.05, 3.63) is 39.4 Å². The van der Waals surface area contributed by atoms with Crippen LogP contribution in [0, 0.1) is 19.8 Å². The molecule has 0 aliphatic carbocycles. The molecule has 308 valence electrons. The highest BCUT2D eigenvalue weighted by Crippen LogP contribution is 2.62. The Kier molecular flexibility index (Phi) is 11.0. The van der Waals surface area contributed by atoms with E-state index in [4.69, 9.17) is 23.7 Å². The van der Waals surface area contributed by atoms with E-state index in [-0.39, 0.29) is 30.7 Å². The number of hydrogen-bond donors (Lipinski definition) is 6. The Bertz CT molecular complexity index is 2030. The summed E-state index contributed by atoms with van der Waals surface area (Å²) in [6.07, 6.45) is -0.743. The largest absolute Gasteiger partial charge is 0.504 e. The minimum atomic E-state index is -1.21. The number of methoxy groups -OCH3 is 1. The molecule has 2 saturated heterocycles. The predicted octanol–water partition coefficient (Wildman–Crippen LogP) is 1.47. The normalized spacial score (nSPS) is 26.8. The number of aliphatic hydroxyl groups is 1. The first kappa shape index (κ1) is 40.4. The monoisotopic (exact) mass is 811 g/mol. The van der Waals surface area contributed by atoms with Crippen molar-refractivity contribution >= 4 is 41.4 Å². The molecule has 18 heteroatoms. The number of nitrogens with one attached hydrogen (secondary N) is 4. The van der Waals surface area contributed by atoms with Gasteiger partial charge in [0.25, 0.3) is 0 Å². The molecule has 9 atom stereocenters. The highest BCUT2D eigenvalue weighted by Gasteiger charge is 2.58. The standard InChI is InChI=1S/C39H49N5O12S/c1-14(2)27(43-36(48)17(5)40-18(6)45)37(49)42-22-12-57-35-26-25(34-33(54-13-55-34)16(4)32(26)56-19(7)46)23(11-53-39(22)51)44-29(35)28-24-20(10-21(41-28)38(44)50)9-15(3)31(52-8)30(24)47/h9,14,17,21-23,27-29,35,38,41,47,50H,10-13H2,1-8H3,(H,40,45)(H,42,49)(H,43,48)/t17?,21-,22-,23-,27?,28-,29?,35+,38-/m0/s1. The van der Waals surface area contributed by atoms with Crippen molar-refractivity contribution in [3.8, 4) is 28.7 Å². The molecule has 7 rings (SSSR count). The maximum atomic E-state index is 14.0. The summed E-state index contributed by atoms with van der Waals surface area (Å²) in [6.45, 7) is 10.7. The third-order valence-corrected chi connectivity index (χ3v) is 12.8. The Hall–Kier alpha value is -4.78. The molecule has 0 radical (unpaired) electrons. The van der Waals surface area contributed by atoms with E-state index in [2.05, 4.69) is 21.3 Å². The lowest BCUT2D eigenvalue weighted by atomic mass is 9.74. The molecule has 57 heavy (non-hydrogen) atoms. The molecule has 2 aromatic rings. The van der Waals surface area contributed by atoms with Crippen LogP contribution in [0.1, 0.15) is 85.3 Å². The molecule has 0 aromatic heterocycles. The summed E-state index contributed by atoms with van der Waals surface area (Å²) in [5.41, 5.74) is 3.79. The number of esters is 2. The number of aromatic hydroxyl groups is 1. The van der Waals surface area contributed by atoms with Crippen molar-refractivity contribution in [2.24, 2.45) is 5.92 Å². The third kappa shape index (κ3) is 6.99. The number of carbonyl (C=O) groups excluding carboxylic acids is 5. The van der Waals surface area contributed by atoms with Gasteiger partial charge in [-0.05, 0) is 44.2 Å². The van der Waals surface area contributed by atoms with E-state index in [1.165, 1.54) is 39.6 Å². The molecule has 5 aliphatic heterocycles. The molecule has 4 bridgehead atoms. The number of cyclic esters (lactones) is 1. The zero-order chi connectivity index (χ0) is 41.2. The summed E-state index contributed by atoms with van der Waals surface area (Å²) in [6, 6.07) is -3.89. The van der Waals surface area contributed by atoms with Crippen LogP contribution in [-0.4, -0.2) is 107 Å². The van der Waals surface area contributed by atoms with Gasteiger partial charge in [0.15, 0.2) is 23.0 Å². The van der Waals surface area contributed by atoms with E-state index in [1.54, 1.807) is 20.8 Å². The maximum absolute atomic E-state index is 14.0. The number of ether oxygens (including phenoxy) is 5. The van der Waals surface area contributed by atoms with Crippen LogP contribution in [0.5, 0.6) is 28.7 Å². The topological polar surface area (TPSA) is 223 Å². The number of nitrogens with zero attached hydrogens (tertiary/aromatic N) is 1. The molecule has 5 heterocycles. The molecule has 5 aliphatic rings. The van der Waals surface area contributed by atoms with Gasteiger partial charge in [-0.2, -0.15) is 0 Å². The van der Waals surface area contributed by atoms with Crippen LogP contribution >= 0.6 is 11.8 Å². The zero-order valence-corrected chi connectivity index (χ0v) is 33.8. The minimum Gasteiger partial charge on any atom is -0.504 e. The minimum absolute atomic E-state index is 0.0359. The van der Waals surface area contributed by atoms with Crippen LogP contribution in [-0.2, 0) is 35.1 Å². The molecule has 3 amide bonds. The second kappa shape index (κ2) is 15.5. The average molecular weight is 812 g/mol. The summed E-state index contributed by atoms with van der Waals surface area (Å²) in [4.78, 5) is 67.1. The second-order valence-electron chi connectivity index (χ2n) is 15.5. The first-order chi connectivity index (χ1) is 27.0. The van der Waals surface area contributed by atoms with Crippen molar-refractivity contribution in [2.45, 2.75) is 109 Å². The van der Waals surface area contributed by atoms with Gasteiger partial charge < -0.3 is 55.2 Å². The van der Waals surface area contributed by atoms with Crippen LogP contribution in [0.2, 0.25) is 0 Å². The second-order valence-corrected chi connectivity index (χ2v) is 16.7. The summed E-state index contributed by atoms with van der Waals surface area (Å²) >= 11 is 1.28. The van der Waals surface area contributed by atoms with Crippen LogP contribution < -0.4 is 40.2 Å². The van der Waals surface area contributed by atoms with Crippen LogP contribution in [0.25, 0.3) is 0 Å².